The van der Waals surface area contributed by atoms with Crippen LogP contribution in [-0.2, 0) is 0 Å². The van der Waals surface area contributed by atoms with Crippen LogP contribution in [0.4, 0.5) is 5.88 Å². The number of rotatable bonds is 2. The molecular weight excluding hydrogens is 128 g/mol. The SMILES string of the molecule is Cc1ccc(NCC#N)o1. The largest absolute Gasteiger partial charge is 0.446 e. The smallest absolute Gasteiger partial charge is 0.193 e. The molecule has 0 aliphatic rings. The van der Waals surface area contributed by atoms with Gasteiger partial charge in [0.15, 0.2) is 5.88 Å². The Morgan fingerprint density at radius 2 is 2.50 bits per heavy atom. The van der Waals surface area contributed by atoms with Crippen molar-refractivity contribution >= 4 is 5.88 Å². The Kier molecular flexibility index (Phi) is 1.96. The molecule has 0 aromatic carbocycles. The molecule has 0 amide bonds. The van der Waals surface area contributed by atoms with Crippen LogP contribution in [-0.4, -0.2) is 6.54 Å². The lowest BCUT2D eigenvalue weighted by Gasteiger charge is -1.92. The van der Waals surface area contributed by atoms with E-state index in [2.05, 4.69) is 5.32 Å². The summed E-state index contributed by atoms with van der Waals surface area (Å²) in [5.41, 5.74) is 0. The van der Waals surface area contributed by atoms with Gasteiger partial charge >= 0.3 is 0 Å². The van der Waals surface area contributed by atoms with Crippen LogP contribution in [0.15, 0.2) is 16.5 Å². The predicted octanol–water partition coefficient (Wildman–Crippen LogP) is 1.52. The highest BCUT2D eigenvalue weighted by Gasteiger charge is 1.93. The molecule has 0 radical (unpaired) electrons. The monoisotopic (exact) mass is 136 g/mol. The topological polar surface area (TPSA) is 49.0 Å². The first-order chi connectivity index (χ1) is 4.83. The first kappa shape index (κ1) is 6.69. The van der Waals surface area contributed by atoms with Gasteiger partial charge in [-0.3, -0.25) is 0 Å². The summed E-state index contributed by atoms with van der Waals surface area (Å²) in [4.78, 5) is 0. The normalized spacial score (nSPS) is 8.80. The van der Waals surface area contributed by atoms with Gasteiger partial charge in [0.1, 0.15) is 12.3 Å². The molecule has 0 aliphatic heterocycles. The summed E-state index contributed by atoms with van der Waals surface area (Å²) in [5, 5.41) is 11.0. The van der Waals surface area contributed by atoms with Gasteiger partial charge < -0.3 is 9.73 Å². The summed E-state index contributed by atoms with van der Waals surface area (Å²) in [5.74, 6) is 1.50. The summed E-state index contributed by atoms with van der Waals surface area (Å²) >= 11 is 0. The average molecular weight is 136 g/mol. The van der Waals surface area contributed by atoms with Gasteiger partial charge in [-0.05, 0) is 13.0 Å². The maximum atomic E-state index is 8.18. The Labute approximate surface area is 59.3 Å². The van der Waals surface area contributed by atoms with Crippen LogP contribution in [0.2, 0.25) is 0 Å². The highest BCUT2D eigenvalue weighted by atomic mass is 16.4. The number of hydrogen-bond acceptors (Lipinski definition) is 3. The highest BCUT2D eigenvalue weighted by Crippen LogP contribution is 2.10. The van der Waals surface area contributed by atoms with Crippen molar-refractivity contribution in [2.75, 3.05) is 11.9 Å². The molecule has 0 unspecified atom stereocenters. The van der Waals surface area contributed by atoms with Gasteiger partial charge in [-0.1, -0.05) is 0 Å². The Morgan fingerprint density at radius 3 is 3.00 bits per heavy atom. The second-order valence-corrected chi connectivity index (χ2v) is 1.92. The molecule has 1 aromatic rings. The molecule has 1 heterocycles. The zero-order valence-corrected chi connectivity index (χ0v) is 5.72. The van der Waals surface area contributed by atoms with Crippen molar-refractivity contribution in [1.82, 2.24) is 0 Å². The fourth-order valence-electron chi connectivity index (χ4n) is 0.656. The van der Waals surface area contributed by atoms with E-state index in [1.807, 2.05) is 19.1 Å². The number of nitrogens with one attached hydrogen (secondary N) is 1. The lowest BCUT2D eigenvalue weighted by Crippen LogP contribution is -1.95. The summed E-state index contributed by atoms with van der Waals surface area (Å²) in [6.45, 7) is 2.14. The van der Waals surface area contributed by atoms with Crippen LogP contribution < -0.4 is 5.32 Å². The molecule has 0 aliphatic carbocycles. The van der Waals surface area contributed by atoms with Gasteiger partial charge in [0, 0.05) is 6.07 Å². The van der Waals surface area contributed by atoms with E-state index in [-0.39, 0.29) is 6.54 Å². The average Bonchev–Trinajstić information content (AvgIpc) is 2.31. The van der Waals surface area contributed by atoms with E-state index in [1.165, 1.54) is 0 Å². The van der Waals surface area contributed by atoms with Crippen molar-refractivity contribution in [2.24, 2.45) is 0 Å². The predicted molar refractivity (Wildman–Crippen MR) is 37.5 cm³/mol. The molecule has 3 nitrogen and oxygen atoms in total. The van der Waals surface area contributed by atoms with E-state index < -0.39 is 0 Å². The number of nitrogens with zero attached hydrogens (tertiary/aromatic N) is 1. The highest BCUT2D eigenvalue weighted by molar-refractivity contribution is 5.32. The van der Waals surface area contributed by atoms with Crippen molar-refractivity contribution in [2.45, 2.75) is 6.92 Å². The molecule has 1 rings (SSSR count). The third-order valence-electron chi connectivity index (χ3n) is 1.08. The number of furan rings is 1. The van der Waals surface area contributed by atoms with Crippen molar-refractivity contribution in [3.8, 4) is 6.07 Å². The van der Waals surface area contributed by atoms with E-state index >= 15 is 0 Å². The number of nitriles is 1. The molecule has 1 aromatic heterocycles. The van der Waals surface area contributed by atoms with Crippen LogP contribution in [0.3, 0.4) is 0 Å². The third-order valence-corrected chi connectivity index (χ3v) is 1.08. The second-order valence-electron chi connectivity index (χ2n) is 1.92. The molecule has 3 heteroatoms. The Hall–Kier alpha value is -1.43. The molecule has 0 bridgehead atoms. The lowest BCUT2D eigenvalue weighted by atomic mass is 10.5. The zero-order chi connectivity index (χ0) is 7.40. The lowest BCUT2D eigenvalue weighted by molar-refractivity contribution is 0.548. The second kappa shape index (κ2) is 2.92. The minimum absolute atomic E-state index is 0.285. The summed E-state index contributed by atoms with van der Waals surface area (Å²) in [6, 6.07) is 5.60. The van der Waals surface area contributed by atoms with E-state index in [0.717, 1.165) is 5.76 Å². The molecule has 0 saturated carbocycles. The van der Waals surface area contributed by atoms with Gasteiger partial charge in [0.25, 0.3) is 0 Å². The summed E-state index contributed by atoms with van der Waals surface area (Å²) < 4.78 is 5.12. The van der Waals surface area contributed by atoms with Crippen molar-refractivity contribution in [1.29, 1.82) is 5.26 Å². The Balaban J connectivity index is 2.52. The molecule has 52 valence electrons. The van der Waals surface area contributed by atoms with Crippen LogP contribution in [0.1, 0.15) is 5.76 Å². The number of aryl methyl sites for hydroxylation is 1. The van der Waals surface area contributed by atoms with Gasteiger partial charge in [0.2, 0.25) is 0 Å². The standard InChI is InChI=1S/C7H8N2O/c1-6-2-3-7(10-6)9-5-4-8/h2-3,9H,5H2,1H3. The van der Waals surface area contributed by atoms with Crippen molar-refractivity contribution in [3.63, 3.8) is 0 Å². The van der Waals surface area contributed by atoms with Crippen molar-refractivity contribution < 1.29 is 4.42 Å². The molecule has 0 spiro atoms. The van der Waals surface area contributed by atoms with Crippen LogP contribution >= 0.6 is 0 Å². The van der Waals surface area contributed by atoms with E-state index in [9.17, 15) is 0 Å². The van der Waals surface area contributed by atoms with Crippen LogP contribution in [0.5, 0.6) is 0 Å². The zero-order valence-electron chi connectivity index (χ0n) is 5.72. The first-order valence-corrected chi connectivity index (χ1v) is 3.00. The number of anilines is 1. The van der Waals surface area contributed by atoms with E-state index in [4.69, 9.17) is 9.68 Å². The fourth-order valence-corrected chi connectivity index (χ4v) is 0.656. The summed E-state index contributed by atoms with van der Waals surface area (Å²) in [7, 11) is 0. The minimum Gasteiger partial charge on any atom is -0.446 e. The molecule has 1 N–H and O–H groups in total. The van der Waals surface area contributed by atoms with Gasteiger partial charge in [-0.15, -0.1) is 0 Å². The molecular formula is C7H8N2O. The Bertz CT molecular complexity index is 246. The van der Waals surface area contributed by atoms with Gasteiger partial charge in [-0.25, -0.2) is 0 Å². The quantitative estimate of drug-likeness (QED) is 0.627. The maximum absolute atomic E-state index is 8.18. The molecule has 0 atom stereocenters. The maximum Gasteiger partial charge on any atom is 0.193 e. The van der Waals surface area contributed by atoms with Crippen molar-refractivity contribution in [3.05, 3.63) is 17.9 Å². The third kappa shape index (κ3) is 1.52. The minimum atomic E-state index is 0.285. The molecule has 0 saturated heterocycles. The first-order valence-electron chi connectivity index (χ1n) is 3.00. The Morgan fingerprint density at radius 1 is 1.70 bits per heavy atom. The molecule has 0 fully saturated rings. The van der Waals surface area contributed by atoms with E-state index in [0.29, 0.717) is 5.88 Å². The summed E-state index contributed by atoms with van der Waals surface area (Å²) in [6.07, 6.45) is 0. The van der Waals surface area contributed by atoms with Gasteiger partial charge in [0.05, 0.1) is 6.07 Å². The molecule has 10 heavy (non-hydrogen) atoms. The van der Waals surface area contributed by atoms with Crippen LogP contribution in [0, 0.1) is 18.3 Å². The fraction of sp³-hybridized carbons (Fsp3) is 0.286. The van der Waals surface area contributed by atoms with Gasteiger partial charge in [-0.2, -0.15) is 5.26 Å². The number of hydrogen-bond donors (Lipinski definition) is 1. The van der Waals surface area contributed by atoms with E-state index in [1.54, 1.807) is 6.07 Å². The van der Waals surface area contributed by atoms with Crippen LogP contribution in [0.25, 0.3) is 0 Å².